The fraction of sp³-hybridized carbons (Fsp3) is 0.429. The topological polar surface area (TPSA) is 73.4 Å². The van der Waals surface area contributed by atoms with E-state index in [1.165, 1.54) is 5.56 Å². The summed E-state index contributed by atoms with van der Waals surface area (Å²) in [7, 11) is 0. The molecule has 0 spiro atoms. The van der Waals surface area contributed by atoms with Crippen LogP contribution in [0.15, 0.2) is 48.7 Å². The Bertz CT molecular complexity index is 843. The highest BCUT2D eigenvalue weighted by Crippen LogP contribution is 2.34. The van der Waals surface area contributed by atoms with Gasteiger partial charge in [-0.15, -0.1) is 0 Å². The molecule has 2 aliphatic rings. The number of ether oxygens (including phenoxy) is 1. The van der Waals surface area contributed by atoms with E-state index in [1.54, 1.807) is 6.26 Å². The van der Waals surface area contributed by atoms with Crippen molar-refractivity contribution in [2.24, 2.45) is 5.73 Å². The Labute approximate surface area is 170 Å². The number of hydrogen-bond donors (Lipinski definition) is 2. The number of carbonyl (C=O) groups is 1. The zero-order valence-electron chi connectivity index (χ0n) is 15.8. The van der Waals surface area contributed by atoms with Crippen molar-refractivity contribution < 1.29 is 9.53 Å². The van der Waals surface area contributed by atoms with Gasteiger partial charge in [-0.1, -0.05) is 30.3 Å². The van der Waals surface area contributed by atoms with Gasteiger partial charge in [0.1, 0.15) is 11.8 Å². The maximum Gasteiger partial charge on any atom is 0.240 e. The van der Waals surface area contributed by atoms with Crippen molar-refractivity contribution in [3.8, 4) is 0 Å². The molecule has 2 aromatic rings. The van der Waals surface area contributed by atoms with Gasteiger partial charge < -0.3 is 15.4 Å². The summed E-state index contributed by atoms with van der Waals surface area (Å²) in [6.07, 6.45) is 6.25. The Balaban J connectivity index is 1.60. The molecule has 3 atom stereocenters. The number of amides is 1. The number of aryl methyl sites for hydroxylation is 1. The largest absolute Gasteiger partial charge is 0.492 e. The molecule has 7 heteroatoms. The van der Waals surface area contributed by atoms with E-state index in [-0.39, 0.29) is 18.1 Å². The first-order valence-corrected chi connectivity index (χ1v) is 10.4. The highest BCUT2D eigenvalue weighted by Gasteiger charge is 2.35. The normalized spacial score (nSPS) is 22.0. The van der Waals surface area contributed by atoms with Crippen LogP contribution in [0.2, 0.25) is 0 Å². The van der Waals surface area contributed by atoms with Gasteiger partial charge in [-0.3, -0.25) is 9.48 Å². The summed E-state index contributed by atoms with van der Waals surface area (Å²) >= 11 is 4.22. The molecule has 2 N–H and O–H groups in total. The van der Waals surface area contributed by atoms with Gasteiger partial charge in [0.05, 0.1) is 30.6 Å². The molecule has 4 rings (SSSR count). The van der Waals surface area contributed by atoms with Crippen LogP contribution in [0.1, 0.15) is 41.9 Å². The molecule has 1 aromatic heterocycles. The summed E-state index contributed by atoms with van der Waals surface area (Å²) < 4.78 is 7.67. The second kappa shape index (κ2) is 8.41. The number of carbonyl (C=O) groups excluding carboxylic acids is 1. The lowest BCUT2D eigenvalue weighted by molar-refractivity contribution is -0.136. The molecule has 0 fully saturated rings. The van der Waals surface area contributed by atoms with Crippen LogP contribution in [0.25, 0.3) is 0 Å². The lowest BCUT2D eigenvalue weighted by atomic mass is 9.98. The molecule has 2 aliphatic heterocycles. The van der Waals surface area contributed by atoms with Gasteiger partial charge in [0.2, 0.25) is 5.91 Å². The van der Waals surface area contributed by atoms with Crippen LogP contribution in [0, 0.1) is 0 Å². The minimum atomic E-state index is -0.584. The Kier molecular flexibility index (Phi) is 5.73. The van der Waals surface area contributed by atoms with Crippen molar-refractivity contribution in [2.45, 2.75) is 44.0 Å². The van der Waals surface area contributed by atoms with Gasteiger partial charge in [0.15, 0.2) is 0 Å². The van der Waals surface area contributed by atoms with E-state index in [4.69, 9.17) is 15.6 Å². The molecule has 0 aliphatic carbocycles. The van der Waals surface area contributed by atoms with Crippen LogP contribution in [-0.4, -0.2) is 38.9 Å². The van der Waals surface area contributed by atoms with Crippen LogP contribution >= 0.6 is 12.6 Å². The average molecular weight is 399 g/mol. The Hall–Kier alpha value is -2.25. The number of nitrogens with two attached hydrogens (primary N) is 1. The molecule has 28 heavy (non-hydrogen) atoms. The van der Waals surface area contributed by atoms with E-state index < -0.39 is 6.04 Å². The highest BCUT2D eigenvalue weighted by atomic mass is 32.1. The molecular formula is C21H26N4O2S. The highest BCUT2D eigenvalue weighted by molar-refractivity contribution is 7.80. The van der Waals surface area contributed by atoms with Crippen molar-refractivity contribution in [2.75, 3.05) is 12.3 Å². The lowest BCUT2D eigenvalue weighted by Gasteiger charge is -2.37. The Morgan fingerprint density at radius 3 is 2.86 bits per heavy atom. The van der Waals surface area contributed by atoms with E-state index in [2.05, 4.69) is 30.8 Å². The summed E-state index contributed by atoms with van der Waals surface area (Å²) in [4.78, 5) is 14.8. The molecule has 2 unspecified atom stereocenters. The minimum Gasteiger partial charge on any atom is -0.492 e. The number of rotatable bonds is 6. The van der Waals surface area contributed by atoms with Gasteiger partial charge in [0, 0.05) is 18.7 Å². The average Bonchev–Trinajstić information content (AvgIpc) is 3.41. The third kappa shape index (κ3) is 3.82. The van der Waals surface area contributed by atoms with Crippen molar-refractivity contribution in [3.05, 3.63) is 65.7 Å². The second-order valence-electron chi connectivity index (χ2n) is 7.31. The first-order valence-electron chi connectivity index (χ1n) is 9.76. The van der Waals surface area contributed by atoms with E-state index >= 15 is 0 Å². The fourth-order valence-corrected chi connectivity index (χ4v) is 4.11. The van der Waals surface area contributed by atoms with Crippen LogP contribution in [-0.2, 0) is 22.5 Å². The molecule has 3 heterocycles. The van der Waals surface area contributed by atoms with Crippen LogP contribution < -0.4 is 5.73 Å². The molecule has 1 aromatic carbocycles. The van der Waals surface area contributed by atoms with Gasteiger partial charge >= 0.3 is 0 Å². The Morgan fingerprint density at radius 2 is 2.14 bits per heavy atom. The predicted molar refractivity (Wildman–Crippen MR) is 111 cm³/mol. The summed E-state index contributed by atoms with van der Waals surface area (Å²) in [5.41, 5.74) is 9.27. The first kappa shape index (κ1) is 19.1. The zero-order chi connectivity index (χ0) is 19.5. The number of fused-ring (bicyclic) bond motifs is 1. The molecule has 0 radical (unpaired) electrons. The number of thiol groups is 1. The van der Waals surface area contributed by atoms with Crippen LogP contribution in [0.4, 0.5) is 0 Å². The van der Waals surface area contributed by atoms with Gasteiger partial charge in [-0.05, 0) is 30.5 Å². The zero-order valence-corrected chi connectivity index (χ0v) is 16.7. The monoisotopic (exact) mass is 398 g/mol. The van der Waals surface area contributed by atoms with Crippen molar-refractivity contribution in [3.63, 3.8) is 0 Å². The summed E-state index contributed by atoms with van der Waals surface area (Å²) in [6, 6.07) is 11.8. The number of hydrogen-bond acceptors (Lipinski definition) is 5. The second-order valence-corrected chi connectivity index (χ2v) is 7.68. The van der Waals surface area contributed by atoms with Crippen molar-refractivity contribution in [1.82, 2.24) is 14.7 Å². The molecule has 0 bridgehead atoms. The van der Waals surface area contributed by atoms with E-state index in [0.29, 0.717) is 18.8 Å². The summed E-state index contributed by atoms with van der Waals surface area (Å²) in [5.74, 6) is 0.299. The molecule has 6 nitrogen and oxygen atoms in total. The Morgan fingerprint density at radius 1 is 1.32 bits per heavy atom. The predicted octanol–water partition coefficient (Wildman–Crippen LogP) is 2.63. The maximum atomic E-state index is 12.9. The van der Waals surface area contributed by atoms with Crippen LogP contribution in [0.3, 0.4) is 0 Å². The summed E-state index contributed by atoms with van der Waals surface area (Å²) in [6.45, 7) is 1.28. The number of nitrogens with zero attached hydrogens (tertiary/aromatic N) is 3. The number of aromatic nitrogens is 2. The third-order valence-corrected chi connectivity index (χ3v) is 5.86. The molecule has 1 amide bonds. The smallest absolute Gasteiger partial charge is 0.240 e. The summed E-state index contributed by atoms with van der Waals surface area (Å²) in [5, 5.41) is 4.76. The molecular weight excluding hydrogens is 372 g/mol. The standard InChI is InChI=1S/C21H26N4O2S/c22-16(14-28)21(26)24-10-11-25-19(13-17(23-25)20-7-4-12-27-20)18(24)9-8-15-5-2-1-3-6-15/h1-6,12-13,16,18,20,28H,7-11,14,22H2/t16-,18?,20?/m0/s1. The first-order chi connectivity index (χ1) is 13.7. The van der Waals surface area contributed by atoms with Crippen LogP contribution in [0.5, 0.6) is 0 Å². The van der Waals surface area contributed by atoms with Crippen molar-refractivity contribution >= 4 is 18.5 Å². The van der Waals surface area contributed by atoms with Crippen molar-refractivity contribution in [1.29, 1.82) is 0 Å². The molecule has 0 saturated carbocycles. The fourth-order valence-electron chi connectivity index (χ4n) is 3.96. The molecule has 148 valence electrons. The van der Waals surface area contributed by atoms with Gasteiger partial charge in [0.25, 0.3) is 0 Å². The van der Waals surface area contributed by atoms with E-state index in [0.717, 1.165) is 30.7 Å². The minimum absolute atomic E-state index is 0.0308. The quantitative estimate of drug-likeness (QED) is 0.734. The van der Waals surface area contributed by atoms with Gasteiger partial charge in [-0.25, -0.2) is 0 Å². The molecule has 0 saturated heterocycles. The third-order valence-electron chi connectivity index (χ3n) is 5.47. The number of benzene rings is 1. The SMILES string of the molecule is N[C@@H](CS)C(=O)N1CCn2nc(C3CC=CO3)cc2C1CCc1ccccc1. The van der Waals surface area contributed by atoms with Gasteiger partial charge in [-0.2, -0.15) is 17.7 Å². The van der Waals surface area contributed by atoms with E-state index in [1.807, 2.05) is 33.9 Å². The lowest BCUT2D eigenvalue weighted by Crippen LogP contribution is -2.50. The maximum absolute atomic E-state index is 12.9. The van der Waals surface area contributed by atoms with E-state index in [9.17, 15) is 4.79 Å².